The molecule has 2 aromatic rings. The highest BCUT2D eigenvalue weighted by Gasteiger charge is 2.52. The van der Waals surface area contributed by atoms with Gasteiger partial charge < -0.3 is 9.74 Å². The van der Waals surface area contributed by atoms with Crippen LogP contribution in [-0.4, -0.2) is 45.6 Å². The number of likely N-dealkylation sites (N-methyl/N-ethyl adjacent to an activating group) is 1. The molecule has 0 spiro atoms. The fourth-order valence-electron chi connectivity index (χ4n) is 4.10. The second kappa shape index (κ2) is 7.65. The first-order valence-electron chi connectivity index (χ1n) is 9.57. The maximum Gasteiger partial charge on any atom is 0.263 e. The molecule has 2 unspecified atom stereocenters. The lowest BCUT2D eigenvalue weighted by Gasteiger charge is -2.48. The van der Waals surface area contributed by atoms with Crippen LogP contribution in [0, 0.1) is 0 Å². The van der Waals surface area contributed by atoms with Gasteiger partial charge in [-0.25, -0.2) is 0 Å². The van der Waals surface area contributed by atoms with Gasteiger partial charge in [0.2, 0.25) is 0 Å². The second-order valence-corrected chi connectivity index (χ2v) is 12.7. The summed E-state index contributed by atoms with van der Waals surface area (Å²) >= 11 is 0. The molecule has 140 valence electrons. The molecule has 4 heteroatoms. The van der Waals surface area contributed by atoms with Crippen molar-refractivity contribution >= 4 is 18.7 Å². The van der Waals surface area contributed by atoms with Crippen molar-refractivity contribution in [3.05, 3.63) is 60.7 Å². The Labute approximate surface area is 159 Å². The van der Waals surface area contributed by atoms with Gasteiger partial charge in [-0.05, 0) is 29.4 Å². The van der Waals surface area contributed by atoms with Gasteiger partial charge in [0.1, 0.15) is 6.23 Å². The largest absolute Gasteiger partial charge is 0.391 e. The van der Waals surface area contributed by atoms with Gasteiger partial charge in [0.25, 0.3) is 8.32 Å². The van der Waals surface area contributed by atoms with Gasteiger partial charge in [0.05, 0.1) is 0 Å². The monoisotopic (exact) mass is 368 g/mol. The number of benzene rings is 2. The summed E-state index contributed by atoms with van der Waals surface area (Å²) in [6, 6.07) is 22.2. The van der Waals surface area contributed by atoms with Crippen LogP contribution in [0.25, 0.3) is 0 Å². The zero-order chi connectivity index (χ0) is 18.8. The van der Waals surface area contributed by atoms with E-state index in [1.165, 1.54) is 10.4 Å². The molecule has 0 aliphatic carbocycles. The van der Waals surface area contributed by atoms with Crippen LogP contribution < -0.4 is 15.7 Å². The lowest BCUT2D eigenvalue weighted by molar-refractivity contribution is 0.00647. The Hall–Kier alpha value is -1.46. The number of hydrogen-bond acceptors (Lipinski definition) is 3. The molecular formula is C22H32N2OSi. The first-order valence-corrected chi connectivity index (χ1v) is 11.5. The van der Waals surface area contributed by atoms with Crippen molar-refractivity contribution in [3.8, 4) is 0 Å². The van der Waals surface area contributed by atoms with Crippen molar-refractivity contribution in [3.63, 3.8) is 0 Å². The summed E-state index contributed by atoms with van der Waals surface area (Å²) in [4.78, 5) is 2.36. The molecule has 1 heterocycles. The zero-order valence-corrected chi connectivity index (χ0v) is 17.7. The Morgan fingerprint density at radius 3 is 1.88 bits per heavy atom. The van der Waals surface area contributed by atoms with Crippen molar-refractivity contribution in [2.75, 3.05) is 20.1 Å². The van der Waals surface area contributed by atoms with Gasteiger partial charge in [-0.15, -0.1) is 0 Å². The highest BCUT2D eigenvalue weighted by Crippen LogP contribution is 2.37. The molecule has 1 N–H and O–H groups in total. The van der Waals surface area contributed by atoms with Crippen LogP contribution >= 0.6 is 0 Å². The van der Waals surface area contributed by atoms with Crippen LogP contribution in [0.4, 0.5) is 0 Å². The summed E-state index contributed by atoms with van der Waals surface area (Å²) in [6.07, 6.45) is 0.0810. The summed E-state index contributed by atoms with van der Waals surface area (Å²) in [7, 11) is -0.302. The van der Waals surface area contributed by atoms with E-state index in [0.717, 1.165) is 13.1 Å². The molecule has 3 nitrogen and oxygen atoms in total. The number of nitrogens with one attached hydrogen (secondary N) is 1. The Morgan fingerprint density at radius 1 is 0.962 bits per heavy atom. The van der Waals surface area contributed by atoms with Crippen LogP contribution in [-0.2, 0) is 4.43 Å². The van der Waals surface area contributed by atoms with Gasteiger partial charge >= 0.3 is 0 Å². The van der Waals surface area contributed by atoms with Gasteiger partial charge in [-0.1, -0.05) is 81.4 Å². The molecule has 26 heavy (non-hydrogen) atoms. The number of nitrogens with zero attached hydrogens (tertiary/aromatic N) is 1. The Balaban J connectivity index is 2.12. The highest BCUT2D eigenvalue weighted by molar-refractivity contribution is 6.99. The van der Waals surface area contributed by atoms with Crippen LogP contribution in [0.15, 0.2) is 60.7 Å². The topological polar surface area (TPSA) is 24.5 Å². The van der Waals surface area contributed by atoms with Gasteiger partial charge in [0, 0.05) is 19.1 Å². The zero-order valence-electron chi connectivity index (χ0n) is 16.7. The average molecular weight is 369 g/mol. The molecule has 0 saturated carbocycles. The fourth-order valence-corrected chi connectivity index (χ4v) is 8.79. The molecule has 1 fully saturated rings. The van der Waals surface area contributed by atoms with E-state index < -0.39 is 8.32 Å². The number of piperazine rings is 1. The SMILES string of the molecule is CC1CN(C)C(O[Si](c2ccccc2)(c2ccccc2)C(C)(C)C)CN1. The third-order valence-electron chi connectivity index (χ3n) is 5.42. The Bertz CT molecular complexity index is 660. The van der Waals surface area contributed by atoms with Crippen molar-refractivity contribution < 1.29 is 4.43 Å². The molecule has 1 saturated heterocycles. The number of hydrogen-bond donors (Lipinski definition) is 1. The molecular weight excluding hydrogens is 336 g/mol. The summed E-state index contributed by atoms with van der Waals surface area (Å²) in [5.41, 5.74) is 0. The quantitative estimate of drug-likeness (QED) is 0.840. The van der Waals surface area contributed by atoms with Gasteiger partial charge in [0.15, 0.2) is 0 Å². The molecule has 1 aliphatic rings. The van der Waals surface area contributed by atoms with Crippen LogP contribution in [0.3, 0.4) is 0 Å². The van der Waals surface area contributed by atoms with E-state index in [1.807, 2.05) is 0 Å². The van der Waals surface area contributed by atoms with Crippen molar-refractivity contribution in [1.29, 1.82) is 0 Å². The van der Waals surface area contributed by atoms with E-state index in [9.17, 15) is 0 Å². The minimum absolute atomic E-state index is 0.0135. The third kappa shape index (κ3) is 3.65. The standard InChI is InChI=1S/C22H32N2OSi/c1-18-17-24(5)21(16-23-18)25-26(22(2,3)4,19-12-8-6-9-13-19)20-14-10-7-11-15-20/h6-15,18,21,23H,16-17H2,1-5H3. The van der Waals surface area contributed by atoms with Crippen molar-refractivity contribution in [1.82, 2.24) is 10.2 Å². The summed E-state index contributed by atoms with van der Waals surface area (Å²) in [5, 5.41) is 6.29. The fraction of sp³-hybridized carbons (Fsp3) is 0.455. The summed E-state index contributed by atoms with van der Waals surface area (Å²) in [6.45, 7) is 11.1. The molecule has 1 aliphatic heterocycles. The van der Waals surface area contributed by atoms with Crippen molar-refractivity contribution in [2.45, 2.75) is 45.0 Å². The molecule has 0 aromatic heterocycles. The maximum absolute atomic E-state index is 7.18. The van der Waals surface area contributed by atoms with E-state index >= 15 is 0 Å². The van der Waals surface area contributed by atoms with Crippen LogP contribution in [0.1, 0.15) is 27.7 Å². The van der Waals surface area contributed by atoms with E-state index in [2.05, 4.69) is 106 Å². The van der Waals surface area contributed by atoms with E-state index in [1.54, 1.807) is 0 Å². The first-order chi connectivity index (χ1) is 12.3. The molecule has 2 atom stereocenters. The third-order valence-corrected chi connectivity index (χ3v) is 10.5. The normalized spacial score (nSPS) is 22.3. The number of rotatable bonds is 4. The molecule has 0 amide bonds. The maximum atomic E-state index is 7.18. The second-order valence-electron chi connectivity index (χ2n) is 8.48. The van der Waals surface area contributed by atoms with E-state index in [-0.39, 0.29) is 11.3 Å². The predicted molar refractivity (Wildman–Crippen MR) is 113 cm³/mol. The van der Waals surface area contributed by atoms with E-state index in [4.69, 9.17) is 4.43 Å². The highest BCUT2D eigenvalue weighted by atomic mass is 28.4. The Morgan fingerprint density at radius 2 is 1.46 bits per heavy atom. The molecule has 0 bridgehead atoms. The Kier molecular flexibility index (Phi) is 5.68. The van der Waals surface area contributed by atoms with Crippen LogP contribution in [0.5, 0.6) is 0 Å². The first kappa shape index (κ1) is 19.3. The lowest BCUT2D eigenvalue weighted by atomic mass is 10.2. The molecule has 3 rings (SSSR count). The predicted octanol–water partition coefficient (Wildman–Crippen LogP) is 2.81. The van der Waals surface area contributed by atoms with Crippen molar-refractivity contribution in [2.24, 2.45) is 0 Å². The minimum Gasteiger partial charge on any atom is -0.391 e. The molecule has 2 aromatic carbocycles. The van der Waals surface area contributed by atoms with E-state index in [0.29, 0.717) is 6.04 Å². The minimum atomic E-state index is -2.48. The average Bonchev–Trinajstić information content (AvgIpc) is 2.62. The smallest absolute Gasteiger partial charge is 0.263 e. The van der Waals surface area contributed by atoms with Gasteiger partial charge in [-0.2, -0.15) is 0 Å². The summed E-state index contributed by atoms with van der Waals surface area (Å²) in [5.74, 6) is 0. The van der Waals surface area contributed by atoms with Gasteiger partial charge in [-0.3, -0.25) is 4.90 Å². The molecule has 0 radical (unpaired) electrons. The van der Waals surface area contributed by atoms with Crippen LogP contribution in [0.2, 0.25) is 5.04 Å². The lowest BCUT2D eigenvalue weighted by Crippen LogP contribution is -2.70. The summed E-state index contributed by atoms with van der Waals surface area (Å²) < 4.78 is 7.18.